The van der Waals surface area contributed by atoms with Gasteiger partial charge in [-0.3, -0.25) is 4.79 Å². The first-order valence-electron chi connectivity index (χ1n) is 11.2. The fraction of sp³-hybridized carbons (Fsp3) is 0.400. The largest absolute Gasteiger partial charge is 0.479 e. The zero-order valence-corrected chi connectivity index (χ0v) is 18.2. The van der Waals surface area contributed by atoms with Crippen LogP contribution in [0.4, 0.5) is 4.79 Å². The molecule has 0 spiro atoms. The Balaban J connectivity index is 1.30. The average Bonchev–Trinajstić information content (AvgIpc) is 3.37. The second-order valence-electron chi connectivity index (χ2n) is 8.63. The van der Waals surface area contributed by atoms with Gasteiger partial charge in [0.15, 0.2) is 6.10 Å². The number of hydrogen-bond acceptors (Lipinski definition) is 5. The molecule has 8 nitrogen and oxygen atoms in total. The third kappa shape index (κ3) is 5.17. The molecule has 1 saturated carbocycles. The number of nitrogens with one attached hydrogen (secondary N) is 2. The van der Waals surface area contributed by atoms with Crippen molar-refractivity contribution in [1.82, 2.24) is 10.6 Å². The highest BCUT2D eigenvalue weighted by atomic mass is 16.5. The summed E-state index contributed by atoms with van der Waals surface area (Å²) in [6.45, 7) is -0.115. The first kappa shape index (κ1) is 22.8. The number of amides is 2. The molecule has 2 aromatic rings. The number of ether oxygens (including phenoxy) is 1. The van der Waals surface area contributed by atoms with Crippen molar-refractivity contribution in [3.8, 4) is 11.1 Å². The van der Waals surface area contributed by atoms with Crippen molar-refractivity contribution in [2.75, 3.05) is 13.2 Å². The van der Waals surface area contributed by atoms with E-state index in [1.54, 1.807) is 0 Å². The number of carbonyl (C=O) groups is 3. The minimum atomic E-state index is -1.63. The number of benzene rings is 2. The Morgan fingerprint density at radius 3 is 2.27 bits per heavy atom. The summed E-state index contributed by atoms with van der Waals surface area (Å²) in [4.78, 5) is 35.4. The highest BCUT2D eigenvalue weighted by Gasteiger charge is 2.32. The van der Waals surface area contributed by atoms with E-state index in [4.69, 9.17) is 9.84 Å². The molecule has 4 rings (SSSR count). The SMILES string of the molecule is O=C(CC1CCCC1NC(=O)OCC1c2ccccc2-c2ccccc21)NC[C@H](O)C(=O)O. The number of aliphatic hydroxyl groups excluding tert-OH is 1. The molecule has 0 aromatic heterocycles. The van der Waals surface area contributed by atoms with E-state index in [2.05, 4.69) is 34.9 Å². The molecule has 2 aliphatic carbocycles. The third-order valence-corrected chi connectivity index (χ3v) is 6.53. The van der Waals surface area contributed by atoms with Gasteiger partial charge in [0.2, 0.25) is 5.91 Å². The lowest BCUT2D eigenvalue weighted by molar-refractivity contribution is -0.146. The molecule has 0 saturated heterocycles. The molecule has 2 amide bonds. The first-order valence-corrected chi connectivity index (χ1v) is 11.2. The van der Waals surface area contributed by atoms with Gasteiger partial charge in [-0.1, -0.05) is 55.0 Å². The Morgan fingerprint density at radius 2 is 1.64 bits per heavy atom. The van der Waals surface area contributed by atoms with Crippen LogP contribution in [0.3, 0.4) is 0 Å². The highest BCUT2D eigenvalue weighted by Crippen LogP contribution is 2.44. The summed E-state index contributed by atoms with van der Waals surface area (Å²) >= 11 is 0. The van der Waals surface area contributed by atoms with Crippen LogP contribution in [0.15, 0.2) is 48.5 Å². The third-order valence-electron chi connectivity index (χ3n) is 6.53. The standard InChI is InChI=1S/C25H28N2O6/c28-22(24(30)31)13-26-23(29)12-15-6-5-11-21(15)27-25(32)33-14-20-18-9-3-1-7-16(18)17-8-2-4-10-19(17)20/h1-4,7-10,15,20-22,28H,5-6,11-14H2,(H,26,29)(H,27,32)(H,30,31)/t15?,21?,22-/m0/s1. The molecule has 2 aromatic carbocycles. The molecular weight excluding hydrogens is 424 g/mol. The molecule has 1 fully saturated rings. The summed E-state index contributed by atoms with van der Waals surface area (Å²) < 4.78 is 5.61. The van der Waals surface area contributed by atoms with Crippen LogP contribution >= 0.6 is 0 Å². The van der Waals surface area contributed by atoms with E-state index in [0.29, 0.717) is 0 Å². The highest BCUT2D eigenvalue weighted by molar-refractivity contribution is 5.79. The maximum Gasteiger partial charge on any atom is 0.407 e. The van der Waals surface area contributed by atoms with Gasteiger partial charge in [0, 0.05) is 18.4 Å². The van der Waals surface area contributed by atoms with Crippen molar-refractivity contribution in [2.24, 2.45) is 5.92 Å². The Labute approximate surface area is 192 Å². The summed E-state index contributed by atoms with van der Waals surface area (Å²) in [6.07, 6.45) is 0.427. The quantitative estimate of drug-likeness (QED) is 0.488. The fourth-order valence-corrected chi connectivity index (χ4v) is 4.87. The number of aliphatic carboxylic acids is 1. The van der Waals surface area contributed by atoms with Crippen molar-refractivity contribution in [3.05, 3.63) is 59.7 Å². The van der Waals surface area contributed by atoms with Crippen LogP contribution < -0.4 is 10.6 Å². The van der Waals surface area contributed by atoms with Gasteiger partial charge in [0.1, 0.15) is 6.61 Å². The Morgan fingerprint density at radius 1 is 1.00 bits per heavy atom. The number of fused-ring (bicyclic) bond motifs is 3. The smallest absolute Gasteiger partial charge is 0.407 e. The topological polar surface area (TPSA) is 125 Å². The molecule has 0 heterocycles. The number of carbonyl (C=O) groups excluding carboxylic acids is 2. The van der Waals surface area contributed by atoms with E-state index in [1.165, 1.54) is 0 Å². The van der Waals surface area contributed by atoms with Crippen molar-refractivity contribution in [2.45, 2.75) is 43.7 Å². The minimum absolute atomic E-state index is 0.0195. The monoisotopic (exact) mass is 452 g/mol. The average molecular weight is 453 g/mol. The molecule has 3 atom stereocenters. The lowest BCUT2D eigenvalue weighted by Crippen LogP contribution is -2.41. The van der Waals surface area contributed by atoms with Crippen LogP contribution in [-0.4, -0.2) is 53.5 Å². The van der Waals surface area contributed by atoms with Gasteiger partial charge in [0.05, 0.1) is 6.54 Å². The van der Waals surface area contributed by atoms with E-state index in [-0.39, 0.29) is 43.4 Å². The van der Waals surface area contributed by atoms with Gasteiger partial charge in [-0.15, -0.1) is 0 Å². The second kappa shape index (κ2) is 10.0. The van der Waals surface area contributed by atoms with Gasteiger partial charge in [-0.25, -0.2) is 9.59 Å². The predicted octanol–water partition coefficient (Wildman–Crippen LogP) is 2.65. The molecule has 4 N–H and O–H groups in total. The lowest BCUT2D eigenvalue weighted by atomic mass is 9.98. The minimum Gasteiger partial charge on any atom is -0.479 e. The van der Waals surface area contributed by atoms with E-state index < -0.39 is 18.2 Å². The van der Waals surface area contributed by atoms with Gasteiger partial charge < -0.3 is 25.6 Å². The van der Waals surface area contributed by atoms with Crippen LogP contribution in [0, 0.1) is 5.92 Å². The normalized spacial score (nSPS) is 19.9. The number of rotatable bonds is 8. The molecule has 174 valence electrons. The van der Waals surface area contributed by atoms with Crippen LogP contribution in [-0.2, 0) is 14.3 Å². The lowest BCUT2D eigenvalue weighted by Gasteiger charge is -2.21. The molecule has 2 unspecified atom stereocenters. The van der Waals surface area contributed by atoms with E-state index in [1.807, 2.05) is 24.3 Å². The van der Waals surface area contributed by atoms with Crippen LogP contribution in [0.1, 0.15) is 42.7 Å². The number of hydrogen-bond donors (Lipinski definition) is 4. The van der Waals surface area contributed by atoms with E-state index >= 15 is 0 Å². The summed E-state index contributed by atoms with van der Waals surface area (Å²) in [6, 6.07) is 16.1. The maximum atomic E-state index is 12.6. The molecule has 0 bridgehead atoms. The van der Waals surface area contributed by atoms with Crippen LogP contribution in [0.2, 0.25) is 0 Å². The Kier molecular flexibility index (Phi) is 6.93. The first-order chi connectivity index (χ1) is 15.9. The fourth-order valence-electron chi connectivity index (χ4n) is 4.87. The zero-order chi connectivity index (χ0) is 23.4. The van der Waals surface area contributed by atoms with Gasteiger partial charge in [-0.2, -0.15) is 0 Å². The summed E-state index contributed by atoms with van der Waals surface area (Å²) in [5, 5.41) is 23.3. The van der Waals surface area contributed by atoms with Gasteiger partial charge in [0.25, 0.3) is 0 Å². The second-order valence-corrected chi connectivity index (χ2v) is 8.63. The van der Waals surface area contributed by atoms with Crippen molar-refractivity contribution in [1.29, 1.82) is 0 Å². The maximum absolute atomic E-state index is 12.6. The number of alkyl carbamates (subject to hydrolysis) is 1. The van der Waals surface area contributed by atoms with Crippen LogP contribution in [0.25, 0.3) is 11.1 Å². The van der Waals surface area contributed by atoms with E-state index in [9.17, 15) is 19.5 Å². The molecule has 33 heavy (non-hydrogen) atoms. The molecule has 0 radical (unpaired) electrons. The van der Waals surface area contributed by atoms with Gasteiger partial charge >= 0.3 is 12.1 Å². The van der Waals surface area contributed by atoms with E-state index in [0.717, 1.165) is 41.5 Å². The van der Waals surface area contributed by atoms with Crippen molar-refractivity contribution >= 4 is 18.0 Å². The Bertz CT molecular complexity index is 994. The zero-order valence-electron chi connectivity index (χ0n) is 18.2. The molecule has 0 aliphatic heterocycles. The predicted molar refractivity (Wildman–Crippen MR) is 121 cm³/mol. The number of aliphatic hydroxyl groups is 1. The molecular formula is C25H28N2O6. The van der Waals surface area contributed by atoms with Gasteiger partial charge in [-0.05, 0) is 41.0 Å². The Hall–Kier alpha value is -3.39. The number of carboxylic acids is 1. The van der Waals surface area contributed by atoms with Crippen LogP contribution in [0.5, 0.6) is 0 Å². The van der Waals surface area contributed by atoms with Crippen molar-refractivity contribution in [3.63, 3.8) is 0 Å². The summed E-state index contributed by atoms with van der Waals surface area (Å²) in [5.74, 6) is -1.81. The number of carboxylic acid groups (broad SMARTS) is 1. The summed E-state index contributed by atoms with van der Waals surface area (Å²) in [5.41, 5.74) is 4.62. The molecule has 8 heteroatoms. The molecule has 2 aliphatic rings. The summed E-state index contributed by atoms with van der Waals surface area (Å²) in [7, 11) is 0. The van der Waals surface area contributed by atoms with Crippen molar-refractivity contribution < 1.29 is 29.3 Å².